The van der Waals surface area contributed by atoms with Crippen molar-refractivity contribution in [1.29, 1.82) is 0 Å². The van der Waals surface area contributed by atoms with E-state index in [0.717, 1.165) is 36.3 Å². The molecule has 1 saturated carbocycles. The molecule has 1 aliphatic carbocycles. The zero-order valence-corrected chi connectivity index (χ0v) is 12.0. The fraction of sp³-hybridized carbons (Fsp3) is 0.400. The average molecular weight is 285 g/mol. The predicted molar refractivity (Wildman–Crippen MR) is 80.5 cm³/mol. The highest BCUT2D eigenvalue weighted by Crippen LogP contribution is 2.33. The summed E-state index contributed by atoms with van der Waals surface area (Å²) in [4.78, 5) is 12.2. The number of aryl methyl sites for hydroxylation is 1. The Labute approximate surface area is 123 Å². The predicted octanol–water partition coefficient (Wildman–Crippen LogP) is 1.69. The van der Waals surface area contributed by atoms with Crippen molar-refractivity contribution in [2.75, 3.05) is 5.32 Å². The number of anilines is 1. The minimum Gasteiger partial charge on any atom is -0.325 e. The van der Waals surface area contributed by atoms with Gasteiger partial charge in [0.1, 0.15) is 6.33 Å². The van der Waals surface area contributed by atoms with Gasteiger partial charge in [-0.1, -0.05) is 12.1 Å². The lowest BCUT2D eigenvalue weighted by molar-refractivity contribution is -0.118. The van der Waals surface area contributed by atoms with Crippen LogP contribution < -0.4 is 11.1 Å². The SMILES string of the molecule is Cn1cnnc1-c1ccccc1NC(=O)CC1(N)CCC1. The van der Waals surface area contributed by atoms with Crippen LogP contribution in [0.3, 0.4) is 0 Å². The van der Waals surface area contributed by atoms with Crippen LogP contribution in [0.4, 0.5) is 5.69 Å². The van der Waals surface area contributed by atoms with Gasteiger partial charge in [0.25, 0.3) is 0 Å². The maximum absolute atomic E-state index is 12.2. The van der Waals surface area contributed by atoms with Crippen LogP contribution >= 0.6 is 0 Å². The minimum absolute atomic E-state index is 0.0492. The number of nitrogens with two attached hydrogens (primary N) is 1. The summed E-state index contributed by atoms with van der Waals surface area (Å²) in [6.45, 7) is 0. The number of rotatable bonds is 4. The molecule has 0 aliphatic heterocycles. The molecule has 2 aromatic rings. The van der Waals surface area contributed by atoms with E-state index in [4.69, 9.17) is 5.73 Å². The van der Waals surface area contributed by atoms with Gasteiger partial charge in [-0.15, -0.1) is 10.2 Å². The zero-order valence-electron chi connectivity index (χ0n) is 12.0. The van der Waals surface area contributed by atoms with Crippen molar-refractivity contribution in [3.63, 3.8) is 0 Å². The standard InChI is InChI=1S/C15H19N5O/c1-20-10-17-19-14(20)11-5-2-3-6-12(11)18-13(21)9-15(16)7-4-8-15/h2-3,5-6,10H,4,7-9,16H2,1H3,(H,18,21). The summed E-state index contributed by atoms with van der Waals surface area (Å²) in [5, 5.41) is 10.9. The lowest BCUT2D eigenvalue weighted by Crippen LogP contribution is -2.48. The van der Waals surface area contributed by atoms with Crippen molar-refractivity contribution in [2.24, 2.45) is 12.8 Å². The van der Waals surface area contributed by atoms with Crippen LogP contribution in [0.2, 0.25) is 0 Å². The van der Waals surface area contributed by atoms with Crippen LogP contribution in [0.5, 0.6) is 0 Å². The van der Waals surface area contributed by atoms with Gasteiger partial charge in [0.2, 0.25) is 5.91 Å². The first-order chi connectivity index (χ1) is 10.1. The first kappa shape index (κ1) is 13.8. The van der Waals surface area contributed by atoms with Crippen LogP contribution in [-0.4, -0.2) is 26.2 Å². The van der Waals surface area contributed by atoms with Crippen molar-refractivity contribution in [2.45, 2.75) is 31.2 Å². The summed E-state index contributed by atoms with van der Waals surface area (Å²) in [5.74, 6) is 0.670. The largest absolute Gasteiger partial charge is 0.325 e. The monoisotopic (exact) mass is 285 g/mol. The second-order valence-electron chi connectivity index (χ2n) is 5.75. The van der Waals surface area contributed by atoms with Gasteiger partial charge in [-0.3, -0.25) is 4.79 Å². The lowest BCUT2D eigenvalue weighted by atomic mass is 9.75. The number of nitrogens with zero attached hydrogens (tertiary/aromatic N) is 3. The molecule has 0 atom stereocenters. The number of aromatic nitrogens is 3. The van der Waals surface area contributed by atoms with Gasteiger partial charge in [-0.05, 0) is 31.4 Å². The van der Waals surface area contributed by atoms with Crippen LogP contribution in [0, 0.1) is 0 Å². The second kappa shape index (κ2) is 5.29. The van der Waals surface area contributed by atoms with E-state index in [1.165, 1.54) is 0 Å². The molecule has 110 valence electrons. The van der Waals surface area contributed by atoms with E-state index in [1.54, 1.807) is 6.33 Å². The number of nitrogens with one attached hydrogen (secondary N) is 1. The quantitative estimate of drug-likeness (QED) is 0.895. The van der Waals surface area contributed by atoms with Gasteiger partial charge < -0.3 is 15.6 Å². The molecule has 0 radical (unpaired) electrons. The maximum Gasteiger partial charge on any atom is 0.226 e. The fourth-order valence-electron chi connectivity index (χ4n) is 2.64. The number of hydrogen-bond acceptors (Lipinski definition) is 4. The van der Waals surface area contributed by atoms with Gasteiger partial charge in [0.05, 0.1) is 5.69 Å². The van der Waals surface area contributed by atoms with Gasteiger partial charge in [-0.25, -0.2) is 0 Å². The van der Waals surface area contributed by atoms with Crippen molar-refractivity contribution in [3.8, 4) is 11.4 Å². The first-order valence-corrected chi connectivity index (χ1v) is 7.10. The molecule has 1 aliphatic rings. The molecule has 0 spiro atoms. The van der Waals surface area contributed by atoms with Crippen LogP contribution in [0.25, 0.3) is 11.4 Å². The number of para-hydroxylation sites is 1. The molecule has 6 nitrogen and oxygen atoms in total. The Hall–Kier alpha value is -2.21. The molecule has 3 N–H and O–H groups in total. The number of hydrogen-bond donors (Lipinski definition) is 2. The third-order valence-electron chi connectivity index (χ3n) is 4.02. The summed E-state index contributed by atoms with van der Waals surface area (Å²) < 4.78 is 1.82. The zero-order chi connectivity index (χ0) is 14.9. The van der Waals surface area contributed by atoms with Gasteiger partial charge in [-0.2, -0.15) is 0 Å². The summed E-state index contributed by atoms with van der Waals surface area (Å²) in [6.07, 6.45) is 4.95. The molecule has 1 heterocycles. The molecule has 3 rings (SSSR count). The molecule has 21 heavy (non-hydrogen) atoms. The lowest BCUT2D eigenvalue weighted by Gasteiger charge is -2.37. The van der Waals surface area contributed by atoms with Crippen molar-refractivity contribution >= 4 is 11.6 Å². The molecule has 0 saturated heterocycles. The van der Waals surface area contributed by atoms with Gasteiger partial charge >= 0.3 is 0 Å². The van der Waals surface area contributed by atoms with E-state index in [9.17, 15) is 4.79 Å². The average Bonchev–Trinajstić information content (AvgIpc) is 2.83. The van der Waals surface area contributed by atoms with E-state index in [0.29, 0.717) is 6.42 Å². The Morgan fingerprint density at radius 2 is 2.19 bits per heavy atom. The van der Waals surface area contributed by atoms with Gasteiger partial charge in [0, 0.05) is 24.6 Å². The highest BCUT2D eigenvalue weighted by atomic mass is 16.1. The number of carbonyl (C=O) groups is 1. The molecule has 6 heteroatoms. The Kier molecular flexibility index (Phi) is 3.47. The van der Waals surface area contributed by atoms with E-state index in [2.05, 4.69) is 15.5 Å². The molecule has 1 fully saturated rings. The highest BCUT2D eigenvalue weighted by molar-refractivity contribution is 5.95. The Bertz CT molecular complexity index is 660. The molecular formula is C15H19N5O. The number of amides is 1. The Balaban J connectivity index is 1.80. The number of benzene rings is 1. The molecule has 1 aromatic carbocycles. The van der Waals surface area contributed by atoms with Crippen molar-refractivity contribution in [1.82, 2.24) is 14.8 Å². The summed E-state index contributed by atoms with van der Waals surface area (Å²) in [6, 6.07) is 7.58. The maximum atomic E-state index is 12.2. The Morgan fingerprint density at radius 3 is 2.81 bits per heavy atom. The summed E-state index contributed by atoms with van der Waals surface area (Å²) >= 11 is 0. The minimum atomic E-state index is -0.316. The third-order valence-corrected chi connectivity index (χ3v) is 4.02. The normalized spacial score (nSPS) is 16.3. The molecule has 0 unspecified atom stereocenters. The van der Waals surface area contributed by atoms with Crippen LogP contribution in [-0.2, 0) is 11.8 Å². The Morgan fingerprint density at radius 1 is 1.43 bits per heavy atom. The molecule has 1 aromatic heterocycles. The van der Waals surface area contributed by atoms with E-state index in [1.807, 2.05) is 35.9 Å². The van der Waals surface area contributed by atoms with E-state index < -0.39 is 0 Å². The smallest absolute Gasteiger partial charge is 0.226 e. The van der Waals surface area contributed by atoms with Crippen molar-refractivity contribution < 1.29 is 4.79 Å². The van der Waals surface area contributed by atoms with Crippen LogP contribution in [0.15, 0.2) is 30.6 Å². The fourth-order valence-corrected chi connectivity index (χ4v) is 2.64. The second-order valence-corrected chi connectivity index (χ2v) is 5.75. The molecular weight excluding hydrogens is 266 g/mol. The summed E-state index contributed by atoms with van der Waals surface area (Å²) in [5.41, 5.74) is 7.40. The summed E-state index contributed by atoms with van der Waals surface area (Å²) in [7, 11) is 1.87. The number of carbonyl (C=O) groups excluding carboxylic acids is 1. The van der Waals surface area contributed by atoms with Crippen molar-refractivity contribution in [3.05, 3.63) is 30.6 Å². The first-order valence-electron chi connectivity index (χ1n) is 7.10. The highest BCUT2D eigenvalue weighted by Gasteiger charge is 2.34. The third kappa shape index (κ3) is 2.80. The van der Waals surface area contributed by atoms with Gasteiger partial charge in [0.15, 0.2) is 5.82 Å². The van der Waals surface area contributed by atoms with E-state index in [-0.39, 0.29) is 11.4 Å². The molecule has 0 bridgehead atoms. The molecule has 1 amide bonds. The topological polar surface area (TPSA) is 85.8 Å². The van der Waals surface area contributed by atoms with E-state index >= 15 is 0 Å². The van der Waals surface area contributed by atoms with Crippen LogP contribution in [0.1, 0.15) is 25.7 Å².